The third-order valence-corrected chi connectivity index (χ3v) is 7.51. The van der Waals surface area contributed by atoms with E-state index in [0.29, 0.717) is 37.9 Å². The van der Waals surface area contributed by atoms with Gasteiger partial charge in [-0.25, -0.2) is 0 Å². The maximum Gasteiger partial charge on any atom is 0.242 e. The Morgan fingerprint density at radius 1 is 1.00 bits per heavy atom. The summed E-state index contributed by atoms with van der Waals surface area (Å²) in [5.74, 6) is 1.24. The number of rotatable bonds is 12. The summed E-state index contributed by atoms with van der Waals surface area (Å²) in [5, 5.41) is 2.04. The van der Waals surface area contributed by atoms with Crippen LogP contribution in [0.3, 0.4) is 0 Å². The molecule has 0 spiro atoms. The molecule has 174 valence electrons. The van der Waals surface area contributed by atoms with Crippen molar-refractivity contribution in [3.63, 3.8) is 0 Å². The number of hydrogen-bond acceptors (Lipinski definition) is 3. The van der Waals surface area contributed by atoms with Gasteiger partial charge in [-0.3, -0.25) is 9.59 Å². The summed E-state index contributed by atoms with van der Waals surface area (Å²) >= 11 is 1.67. The minimum absolute atomic E-state index is 0.0276. The van der Waals surface area contributed by atoms with Gasteiger partial charge in [0.25, 0.3) is 0 Å². The fraction of sp³-hybridized carbons (Fsp3) is 0.556. The molecule has 3 rings (SSSR count). The highest BCUT2D eigenvalue weighted by atomic mass is 32.1. The fourth-order valence-electron chi connectivity index (χ4n) is 4.43. The zero-order valence-corrected chi connectivity index (χ0v) is 20.5. The van der Waals surface area contributed by atoms with Gasteiger partial charge in [-0.1, -0.05) is 82.3 Å². The monoisotopic (exact) mass is 454 g/mol. The van der Waals surface area contributed by atoms with Gasteiger partial charge in [-0.05, 0) is 35.3 Å². The van der Waals surface area contributed by atoms with Crippen molar-refractivity contribution in [2.75, 3.05) is 13.1 Å². The van der Waals surface area contributed by atoms with Crippen molar-refractivity contribution in [3.05, 3.63) is 58.3 Å². The maximum atomic E-state index is 13.5. The van der Waals surface area contributed by atoms with Crippen LogP contribution in [-0.2, 0) is 22.7 Å². The molecule has 5 heteroatoms. The van der Waals surface area contributed by atoms with Crippen molar-refractivity contribution < 1.29 is 9.59 Å². The Morgan fingerprint density at radius 3 is 2.41 bits per heavy atom. The predicted octanol–water partition coefficient (Wildman–Crippen LogP) is 6.12. The second-order valence-corrected chi connectivity index (χ2v) is 10.3. The highest BCUT2D eigenvalue weighted by Crippen LogP contribution is 2.28. The Balaban J connectivity index is 1.68. The lowest BCUT2D eigenvalue weighted by atomic mass is 10.0. The van der Waals surface area contributed by atoms with Crippen LogP contribution in [0.4, 0.5) is 0 Å². The molecule has 4 nitrogen and oxygen atoms in total. The Bertz CT molecular complexity index is 815. The SMILES string of the molecule is CCC(C)CN(CC(=O)N(Cc1ccccc1)Cc1cccs1)C(=O)CCC1CCCC1. The highest BCUT2D eigenvalue weighted by molar-refractivity contribution is 7.09. The lowest BCUT2D eigenvalue weighted by Gasteiger charge is -2.29. The smallest absolute Gasteiger partial charge is 0.242 e. The predicted molar refractivity (Wildman–Crippen MR) is 132 cm³/mol. The summed E-state index contributed by atoms with van der Waals surface area (Å²) in [6.07, 6.45) is 7.64. The molecule has 1 atom stereocenters. The summed E-state index contributed by atoms with van der Waals surface area (Å²) in [6.45, 7) is 6.28. The summed E-state index contributed by atoms with van der Waals surface area (Å²) in [5.41, 5.74) is 1.11. The normalized spacial score (nSPS) is 14.9. The molecule has 1 saturated carbocycles. The van der Waals surface area contributed by atoms with Crippen LogP contribution in [0.15, 0.2) is 47.8 Å². The van der Waals surface area contributed by atoms with Gasteiger partial charge in [-0.15, -0.1) is 11.3 Å². The van der Waals surface area contributed by atoms with Crippen LogP contribution >= 0.6 is 11.3 Å². The van der Waals surface area contributed by atoms with Crippen LogP contribution in [-0.4, -0.2) is 34.7 Å². The van der Waals surface area contributed by atoms with Gasteiger partial charge >= 0.3 is 0 Å². The molecular formula is C27H38N2O2S. The first-order chi connectivity index (χ1) is 15.5. The van der Waals surface area contributed by atoms with Crippen LogP contribution in [0.2, 0.25) is 0 Å². The van der Waals surface area contributed by atoms with Gasteiger partial charge in [0.15, 0.2) is 0 Å². The van der Waals surface area contributed by atoms with E-state index in [1.54, 1.807) is 11.3 Å². The molecule has 0 radical (unpaired) electrons. The Labute approximate surface area is 197 Å². The zero-order valence-electron chi connectivity index (χ0n) is 19.7. The number of carbonyl (C=O) groups is 2. The average Bonchev–Trinajstić information content (AvgIpc) is 3.51. The first-order valence-electron chi connectivity index (χ1n) is 12.2. The van der Waals surface area contributed by atoms with Gasteiger partial charge in [0, 0.05) is 24.4 Å². The van der Waals surface area contributed by atoms with Crippen molar-refractivity contribution in [2.45, 2.75) is 71.9 Å². The van der Waals surface area contributed by atoms with Crippen LogP contribution in [0.5, 0.6) is 0 Å². The van der Waals surface area contributed by atoms with E-state index in [1.807, 2.05) is 39.4 Å². The van der Waals surface area contributed by atoms with Crippen molar-refractivity contribution in [2.24, 2.45) is 11.8 Å². The molecule has 1 aliphatic rings. The van der Waals surface area contributed by atoms with E-state index in [4.69, 9.17) is 0 Å². The summed E-state index contributed by atoms with van der Waals surface area (Å²) in [7, 11) is 0. The summed E-state index contributed by atoms with van der Waals surface area (Å²) in [4.78, 5) is 31.5. The fourth-order valence-corrected chi connectivity index (χ4v) is 5.15. The molecule has 0 N–H and O–H groups in total. The number of carbonyl (C=O) groups excluding carboxylic acids is 2. The van der Waals surface area contributed by atoms with E-state index in [2.05, 4.69) is 32.0 Å². The van der Waals surface area contributed by atoms with Gasteiger partial charge in [-0.2, -0.15) is 0 Å². The minimum Gasteiger partial charge on any atom is -0.333 e. The molecule has 2 amide bonds. The number of benzene rings is 1. The molecule has 0 saturated heterocycles. The van der Waals surface area contributed by atoms with E-state index in [1.165, 1.54) is 25.7 Å². The summed E-state index contributed by atoms with van der Waals surface area (Å²) < 4.78 is 0. The molecule has 1 fully saturated rings. The molecule has 0 aliphatic heterocycles. The largest absolute Gasteiger partial charge is 0.333 e. The maximum absolute atomic E-state index is 13.5. The van der Waals surface area contributed by atoms with Crippen LogP contribution in [0.1, 0.15) is 69.2 Å². The Kier molecular flexibility index (Phi) is 9.79. The quantitative estimate of drug-likeness (QED) is 0.387. The lowest BCUT2D eigenvalue weighted by Crippen LogP contribution is -2.44. The van der Waals surface area contributed by atoms with E-state index in [-0.39, 0.29) is 18.4 Å². The highest BCUT2D eigenvalue weighted by Gasteiger charge is 2.24. The number of nitrogens with zero attached hydrogens (tertiary/aromatic N) is 2. The second-order valence-electron chi connectivity index (χ2n) is 9.29. The lowest BCUT2D eigenvalue weighted by molar-refractivity contribution is -0.141. The second kappa shape index (κ2) is 12.8. The van der Waals surface area contributed by atoms with Gasteiger partial charge in [0.1, 0.15) is 0 Å². The van der Waals surface area contributed by atoms with Crippen molar-refractivity contribution >= 4 is 23.2 Å². The molecule has 0 bridgehead atoms. The van der Waals surface area contributed by atoms with E-state index < -0.39 is 0 Å². The average molecular weight is 455 g/mol. The molecule has 1 aromatic carbocycles. The topological polar surface area (TPSA) is 40.6 Å². The van der Waals surface area contributed by atoms with Crippen LogP contribution < -0.4 is 0 Å². The first-order valence-corrected chi connectivity index (χ1v) is 13.0. The van der Waals surface area contributed by atoms with Gasteiger partial charge in [0.2, 0.25) is 11.8 Å². The molecular weight excluding hydrogens is 416 g/mol. The van der Waals surface area contributed by atoms with Crippen molar-refractivity contribution in [1.82, 2.24) is 9.80 Å². The molecule has 32 heavy (non-hydrogen) atoms. The third kappa shape index (κ3) is 7.77. The Hall–Kier alpha value is -2.14. The molecule has 1 heterocycles. The molecule has 1 aromatic heterocycles. The first kappa shape index (κ1) is 24.5. The summed E-state index contributed by atoms with van der Waals surface area (Å²) in [6, 6.07) is 14.2. The van der Waals surface area contributed by atoms with E-state index >= 15 is 0 Å². The Morgan fingerprint density at radius 2 is 1.75 bits per heavy atom. The van der Waals surface area contributed by atoms with E-state index in [0.717, 1.165) is 23.3 Å². The number of amides is 2. The molecule has 2 aromatic rings. The van der Waals surface area contributed by atoms with Gasteiger partial charge in [0.05, 0.1) is 13.1 Å². The zero-order chi connectivity index (χ0) is 22.8. The van der Waals surface area contributed by atoms with Crippen LogP contribution in [0, 0.1) is 11.8 Å². The van der Waals surface area contributed by atoms with Crippen molar-refractivity contribution in [1.29, 1.82) is 0 Å². The number of thiophene rings is 1. The molecule has 1 aliphatic carbocycles. The van der Waals surface area contributed by atoms with Crippen LogP contribution in [0.25, 0.3) is 0 Å². The van der Waals surface area contributed by atoms with Gasteiger partial charge < -0.3 is 9.80 Å². The minimum atomic E-state index is 0.0276. The van der Waals surface area contributed by atoms with E-state index in [9.17, 15) is 9.59 Å². The standard InChI is InChI=1S/C27H38N2O2S/c1-3-22(2)18-28(26(30)16-15-23-10-7-8-11-23)21-27(31)29(20-25-14-9-17-32-25)19-24-12-5-4-6-13-24/h4-6,9,12-14,17,22-23H,3,7-8,10-11,15-16,18-21H2,1-2H3. The third-order valence-electron chi connectivity index (χ3n) is 6.64. The molecule has 1 unspecified atom stereocenters. The van der Waals surface area contributed by atoms with Crippen molar-refractivity contribution in [3.8, 4) is 0 Å². The number of hydrogen-bond donors (Lipinski definition) is 0.